The standard InChI is InChI=1S/C61H114O6/c1-4-7-10-13-16-19-22-25-27-29-30-31-33-34-36-39-42-45-48-51-54-60(63)66-57-58(56-65-59(62)53-50-47-44-41-38-24-21-18-15-12-9-6-3)67-61(64)55-52-49-46-43-40-37-35-32-28-26-23-20-17-14-11-8-5-2/h17,20,26,28,58H,4-16,18-19,21-25,27,29-57H2,1-3H3/b20-17-,28-26-. The molecule has 0 N–H and O–H groups in total. The largest absolute Gasteiger partial charge is 0.462 e. The lowest BCUT2D eigenvalue weighted by Gasteiger charge is -2.18. The Hall–Kier alpha value is -2.11. The molecule has 0 rings (SSSR count). The molecule has 0 aromatic rings. The molecule has 0 aliphatic rings. The van der Waals surface area contributed by atoms with Gasteiger partial charge in [-0.1, -0.05) is 283 Å². The zero-order chi connectivity index (χ0) is 48.6. The highest BCUT2D eigenvalue weighted by Gasteiger charge is 2.19. The lowest BCUT2D eigenvalue weighted by atomic mass is 10.0. The van der Waals surface area contributed by atoms with Crippen LogP contribution in [0.4, 0.5) is 0 Å². The summed E-state index contributed by atoms with van der Waals surface area (Å²) in [6.07, 6.45) is 66.0. The minimum atomic E-state index is -0.770. The zero-order valence-corrected chi connectivity index (χ0v) is 45.2. The quantitative estimate of drug-likeness (QED) is 0.0262. The van der Waals surface area contributed by atoms with E-state index in [1.165, 1.54) is 218 Å². The van der Waals surface area contributed by atoms with E-state index in [9.17, 15) is 14.4 Å². The van der Waals surface area contributed by atoms with Gasteiger partial charge in [0.1, 0.15) is 13.2 Å². The van der Waals surface area contributed by atoms with Gasteiger partial charge in [0.2, 0.25) is 0 Å². The summed E-state index contributed by atoms with van der Waals surface area (Å²) in [5, 5.41) is 0. The molecule has 1 unspecified atom stereocenters. The lowest BCUT2D eigenvalue weighted by molar-refractivity contribution is -0.167. The van der Waals surface area contributed by atoms with Crippen molar-refractivity contribution in [1.82, 2.24) is 0 Å². The summed E-state index contributed by atoms with van der Waals surface area (Å²) in [6.45, 7) is 6.66. The molecule has 6 heteroatoms. The molecule has 394 valence electrons. The van der Waals surface area contributed by atoms with E-state index in [-0.39, 0.29) is 31.1 Å². The SMILES string of the molecule is CCCCC/C=C\C/C=C\CCCCCCCCCC(=O)OC(COC(=O)CCCCCCCCCCCCCC)COC(=O)CCCCCCCCCCCCCCCCCCCCCC. The Balaban J connectivity index is 4.28. The molecule has 0 bridgehead atoms. The maximum absolute atomic E-state index is 12.9. The summed E-state index contributed by atoms with van der Waals surface area (Å²) >= 11 is 0. The number of allylic oxidation sites excluding steroid dienone is 4. The van der Waals surface area contributed by atoms with Crippen molar-refractivity contribution >= 4 is 17.9 Å². The monoisotopic (exact) mass is 943 g/mol. The first-order chi connectivity index (χ1) is 33.0. The van der Waals surface area contributed by atoms with Crippen LogP contribution in [0.1, 0.15) is 329 Å². The summed E-state index contributed by atoms with van der Waals surface area (Å²) in [4.78, 5) is 38.2. The molecule has 0 aliphatic heterocycles. The van der Waals surface area contributed by atoms with Gasteiger partial charge in [-0.25, -0.2) is 0 Å². The fraction of sp³-hybridized carbons (Fsp3) is 0.885. The van der Waals surface area contributed by atoms with E-state index in [2.05, 4.69) is 45.1 Å². The van der Waals surface area contributed by atoms with Gasteiger partial charge in [0.15, 0.2) is 6.10 Å². The Labute approximate surface area is 417 Å². The smallest absolute Gasteiger partial charge is 0.306 e. The first-order valence-corrected chi connectivity index (χ1v) is 29.8. The van der Waals surface area contributed by atoms with E-state index in [1.807, 2.05) is 0 Å². The summed E-state index contributed by atoms with van der Waals surface area (Å²) < 4.78 is 16.9. The zero-order valence-electron chi connectivity index (χ0n) is 45.2. The molecule has 0 heterocycles. The number of hydrogen-bond donors (Lipinski definition) is 0. The molecule has 0 radical (unpaired) electrons. The number of rotatable bonds is 55. The van der Waals surface area contributed by atoms with Crippen LogP contribution in [0, 0.1) is 0 Å². The van der Waals surface area contributed by atoms with Crippen LogP contribution in [0.5, 0.6) is 0 Å². The van der Waals surface area contributed by atoms with Gasteiger partial charge in [0, 0.05) is 19.3 Å². The molecule has 0 spiro atoms. The maximum Gasteiger partial charge on any atom is 0.306 e. The second-order valence-corrected chi connectivity index (χ2v) is 20.3. The highest BCUT2D eigenvalue weighted by molar-refractivity contribution is 5.71. The predicted molar refractivity (Wildman–Crippen MR) is 289 cm³/mol. The third kappa shape index (κ3) is 54.7. The van der Waals surface area contributed by atoms with Crippen molar-refractivity contribution in [2.45, 2.75) is 335 Å². The second kappa shape index (κ2) is 56.5. The third-order valence-corrected chi connectivity index (χ3v) is 13.5. The number of carbonyl (C=O) groups is 3. The summed E-state index contributed by atoms with van der Waals surface area (Å²) in [7, 11) is 0. The molecule has 0 aromatic carbocycles. The molecule has 0 fully saturated rings. The van der Waals surface area contributed by atoms with Crippen LogP contribution in [0.3, 0.4) is 0 Å². The number of carbonyl (C=O) groups excluding carboxylic acids is 3. The van der Waals surface area contributed by atoms with Crippen LogP contribution in [-0.2, 0) is 28.6 Å². The summed E-state index contributed by atoms with van der Waals surface area (Å²) in [6, 6.07) is 0. The molecule has 0 aliphatic carbocycles. The van der Waals surface area contributed by atoms with Crippen molar-refractivity contribution in [3.05, 3.63) is 24.3 Å². The molecule has 67 heavy (non-hydrogen) atoms. The van der Waals surface area contributed by atoms with E-state index in [1.54, 1.807) is 0 Å². The lowest BCUT2D eigenvalue weighted by Crippen LogP contribution is -2.30. The van der Waals surface area contributed by atoms with Crippen LogP contribution in [0.25, 0.3) is 0 Å². The molecule has 0 saturated heterocycles. The van der Waals surface area contributed by atoms with Gasteiger partial charge in [0.25, 0.3) is 0 Å². The topological polar surface area (TPSA) is 78.9 Å². The number of hydrogen-bond acceptors (Lipinski definition) is 6. The van der Waals surface area contributed by atoms with Gasteiger partial charge in [0.05, 0.1) is 0 Å². The van der Waals surface area contributed by atoms with Crippen molar-refractivity contribution < 1.29 is 28.6 Å². The summed E-state index contributed by atoms with van der Waals surface area (Å²) in [5.74, 6) is -0.854. The number of ether oxygens (including phenoxy) is 3. The van der Waals surface area contributed by atoms with Crippen molar-refractivity contribution in [1.29, 1.82) is 0 Å². The van der Waals surface area contributed by atoms with Crippen LogP contribution in [0.15, 0.2) is 24.3 Å². The van der Waals surface area contributed by atoms with Crippen molar-refractivity contribution in [3.8, 4) is 0 Å². The second-order valence-electron chi connectivity index (χ2n) is 20.3. The average Bonchev–Trinajstić information content (AvgIpc) is 3.33. The first-order valence-electron chi connectivity index (χ1n) is 29.8. The number of esters is 3. The molecule has 1 atom stereocenters. The number of unbranched alkanes of at least 4 members (excludes halogenated alkanes) is 40. The molecular weight excluding hydrogens is 829 g/mol. The summed E-state index contributed by atoms with van der Waals surface area (Å²) in [5.41, 5.74) is 0. The first kappa shape index (κ1) is 64.9. The van der Waals surface area contributed by atoms with Gasteiger partial charge in [-0.3, -0.25) is 14.4 Å². The van der Waals surface area contributed by atoms with Crippen molar-refractivity contribution in [3.63, 3.8) is 0 Å². The minimum Gasteiger partial charge on any atom is -0.462 e. The average molecular weight is 944 g/mol. The van der Waals surface area contributed by atoms with Crippen molar-refractivity contribution in [2.24, 2.45) is 0 Å². The van der Waals surface area contributed by atoms with E-state index < -0.39 is 6.10 Å². The molecule has 0 saturated carbocycles. The Bertz CT molecular complexity index is 1080. The Kier molecular flexibility index (Phi) is 54.7. The Morgan fingerprint density at radius 2 is 0.537 bits per heavy atom. The fourth-order valence-corrected chi connectivity index (χ4v) is 8.95. The van der Waals surface area contributed by atoms with Crippen LogP contribution >= 0.6 is 0 Å². The highest BCUT2D eigenvalue weighted by Crippen LogP contribution is 2.17. The maximum atomic E-state index is 12.9. The van der Waals surface area contributed by atoms with Gasteiger partial charge in [-0.2, -0.15) is 0 Å². The van der Waals surface area contributed by atoms with Crippen LogP contribution in [-0.4, -0.2) is 37.2 Å². The van der Waals surface area contributed by atoms with Gasteiger partial charge in [-0.15, -0.1) is 0 Å². The highest BCUT2D eigenvalue weighted by atomic mass is 16.6. The van der Waals surface area contributed by atoms with E-state index >= 15 is 0 Å². The molecule has 0 aromatic heterocycles. The van der Waals surface area contributed by atoms with Crippen molar-refractivity contribution in [2.75, 3.05) is 13.2 Å². The van der Waals surface area contributed by atoms with E-state index in [0.29, 0.717) is 19.3 Å². The Morgan fingerprint density at radius 3 is 0.851 bits per heavy atom. The van der Waals surface area contributed by atoms with Crippen LogP contribution in [0.2, 0.25) is 0 Å². The van der Waals surface area contributed by atoms with Crippen LogP contribution < -0.4 is 0 Å². The van der Waals surface area contributed by atoms with Gasteiger partial charge < -0.3 is 14.2 Å². The third-order valence-electron chi connectivity index (χ3n) is 13.5. The fourth-order valence-electron chi connectivity index (χ4n) is 8.95. The Morgan fingerprint density at radius 1 is 0.299 bits per heavy atom. The van der Waals surface area contributed by atoms with Gasteiger partial charge >= 0.3 is 17.9 Å². The van der Waals surface area contributed by atoms with E-state index in [4.69, 9.17) is 14.2 Å². The molecule has 0 amide bonds. The minimum absolute atomic E-state index is 0.0689. The molecule has 6 nitrogen and oxygen atoms in total. The molecular formula is C61H114O6. The van der Waals surface area contributed by atoms with E-state index in [0.717, 1.165) is 70.6 Å². The normalized spacial score (nSPS) is 12.1. The predicted octanol–water partition coefficient (Wildman–Crippen LogP) is 19.9. The van der Waals surface area contributed by atoms with Gasteiger partial charge in [-0.05, 0) is 51.4 Å².